The van der Waals surface area contributed by atoms with Gasteiger partial charge < -0.3 is 5.32 Å². The highest BCUT2D eigenvalue weighted by Gasteiger charge is 1.98. The number of carbonyl (C=O) groups is 1. The van der Waals surface area contributed by atoms with Crippen molar-refractivity contribution in [1.82, 2.24) is 20.7 Å². The van der Waals surface area contributed by atoms with Crippen LogP contribution in [-0.4, -0.2) is 27.4 Å². The van der Waals surface area contributed by atoms with E-state index in [1.54, 1.807) is 0 Å². The van der Waals surface area contributed by atoms with E-state index in [-0.39, 0.29) is 5.88 Å². The van der Waals surface area contributed by atoms with Crippen molar-refractivity contribution in [1.29, 1.82) is 0 Å². The van der Waals surface area contributed by atoms with Crippen LogP contribution in [0.1, 0.15) is 0 Å². The molecule has 6 nitrogen and oxygen atoms in total. The molecular formula is C4H5N4O2S. The second kappa shape index (κ2) is 3.81. The van der Waals surface area contributed by atoms with Gasteiger partial charge in [-0.2, -0.15) is 0 Å². The number of carbonyl (C=O) groups excluding carboxylic acids is 1. The van der Waals surface area contributed by atoms with Crippen LogP contribution in [0.15, 0.2) is 11.2 Å². The fourth-order valence-electron chi connectivity index (χ4n) is 0.431. The van der Waals surface area contributed by atoms with E-state index >= 15 is 0 Å². The van der Waals surface area contributed by atoms with Gasteiger partial charge in [0.25, 0.3) is 0 Å². The molecule has 1 rings (SSSR count). The molecule has 0 bridgehead atoms. The van der Waals surface area contributed by atoms with E-state index in [2.05, 4.69) is 20.7 Å². The van der Waals surface area contributed by atoms with E-state index in [9.17, 15) is 9.90 Å². The third-order valence-corrected chi connectivity index (χ3v) is 1.63. The van der Waals surface area contributed by atoms with Crippen molar-refractivity contribution in [3.05, 3.63) is 6.20 Å². The van der Waals surface area contributed by atoms with Crippen LogP contribution in [0.2, 0.25) is 0 Å². The molecule has 0 saturated carbocycles. The zero-order valence-electron chi connectivity index (χ0n) is 5.40. The van der Waals surface area contributed by atoms with Crippen LogP contribution in [0.4, 0.5) is 4.79 Å². The summed E-state index contributed by atoms with van der Waals surface area (Å²) >= 11 is 1.24. The molecule has 1 aromatic heterocycles. The molecule has 7 heteroatoms. The maximum Gasteiger partial charge on any atom is 0.451 e. The molecule has 0 aliphatic rings. The predicted octanol–water partition coefficient (Wildman–Crippen LogP) is -0.00560. The van der Waals surface area contributed by atoms with E-state index < -0.39 is 6.09 Å². The van der Waals surface area contributed by atoms with Crippen molar-refractivity contribution in [2.75, 3.05) is 5.88 Å². The number of aromatic amines is 1. The molecule has 0 aromatic carbocycles. The van der Waals surface area contributed by atoms with Crippen LogP contribution >= 0.6 is 11.8 Å². The minimum Gasteiger partial charge on any atom is -0.309 e. The molecule has 0 unspecified atom stereocenters. The van der Waals surface area contributed by atoms with Gasteiger partial charge in [0.2, 0.25) is 0 Å². The number of amides is 1. The van der Waals surface area contributed by atoms with Crippen molar-refractivity contribution in [3.8, 4) is 0 Å². The Morgan fingerprint density at radius 3 is 3.18 bits per heavy atom. The summed E-state index contributed by atoms with van der Waals surface area (Å²) in [7, 11) is 0. The first kappa shape index (κ1) is 7.86. The van der Waals surface area contributed by atoms with Crippen molar-refractivity contribution < 1.29 is 9.90 Å². The Morgan fingerprint density at radius 2 is 2.64 bits per heavy atom. The summed E-state index contributed by atoms with van der Waals surface area (Å²) in [4.78, 5) is 9.85. The number of thioether (sulfide) groups is 1. The van der Waals surface area contributed by atoms with Crippen LogP contribution in [-0.2, 0) is 5.11 Å². The van der Waals surface area contributed by atoms with Gasteiger partial charge in [0.15, 0.2) is 0 Å². The summed E-state index contributed by atoms with van der Waals surface area (Å²) < 4.78 is 0. The second-order valence-electron chi connectivity index (χ2n) is 1.57. The molecule has 11 heavy (non-hydrogen) atoms. The van der Waals surface area contributed by atoms with Gasteiger partial charge in [-0.3, -0.25) is 5.10 Å². The normalized spacial score (nSPS) is 9.45. The summed E-state index contributed by atoms with van der Waals surface area (Å²) in [5.41, 5.74) is 0. The average Bonchev–Trinajstić information content (AvgIpc) is 2.39. The van der Waals surface area contributed by atoms with E-state index in [1.165, 1.54) is 18.0 Å². The molecule has 0 aliphatic heterocycles. The SMILES string of the molecule is [O]C(=O)NCSc1cnn[nH]1. The maximum atomic E-state index is 9.85. The largest absolute Gasteiger partial charge is 0.451 e. The molecule has 0 spiro atoms. The average molecular weight is 173 g/mol. The number of hydrogen-bond donors (Lipinski definition) is 2. The van der Waals surface area contributed by atoms with E-state index in [1.807, 2.05) is 0 Å². The fraction of sp³-hybridized carbons (Fsp3) is 0.250. The molecular weight excluding hydrogens is 168 g/mol. The molecule has 2 N–H and O–H groups in total. The molecule has 1 aromatic rings. The van der Waals surface area contributed by atoms with E-state index in [4.69, 9.17) is 0 Å². The third kappa shape index (κ3) is 2.89. The number of aromatic nitrogens is 3. The van der Waals surface area contributed by atoms with Gasteiger partial charge in [0, 0.05) is 0 Å². The number of H-pyrrole nitrogens is 1. The lowest BCUT2D eigenvalue weighted by molar-refractivity contribution is 0.170. The lowest BCUT2D eigenvalue weighted by atomic mass is 11.0. The van der Waals surface area contributed by atoms with Crippen molar-refractivity contribution in [2.24, 2.45) is 0 Å². The lowest BCUT2D eigenvalue weighted by Crippen LogP contribution is -2.18. The Labute approximate surface area is 66.4 Å². The third-order valence-electron chi connectivity index (χ3n) is 0.837. The van der Waals surface area contributed by atoms with Crippen molar-refractivity contribution in [2.45, 2.75) is 5.03 Å². The van der Waals surface area contributed by atoms with Gasteiger partial charge >= 0.3 is 6.09 Å². The van der Waals surface area contributed by atoms with Crippen LogP contribution in [0, 0.1) is 0 Å². The van der Waals surface area contributed by atoms with Gasteiger partial charge in [-0.25, -0.2) is 9.90 Å². The predicted molar refractivity (Wildman–Crippen MR) is 36.3 cm³/mol. The molecule has 0 fully saturated rings. The Morgan fingerprint density at radius 1 is 1.82 bits per heavy atom. The summed E-state index contributed by atoms with van der Waals surface area (Å²) in [5, 5.41) is 22.1. The molecule has 1 amide bonds. The van der Waals surface area contributed by atoms with Crippen LogP contribution in [0.3, 0.4) is 0 Å². The molecule has 1 radical (unpaired) electrons. The highest BCUT2D eigenvalue weighted by atomic mass is 32.2. The Kier molecular flexibility index (Phi) is 2.73. The quantitative estimate of drug-likeness (QED) is 0.497. The topological polar surface area (TPSA) is 90.6 Å². The minimum absolute atomic E-state index is 0.228. The lowest BCUT2D eigenvalue weighted by Gasteiger charge is -1.94. The van der Waals surface area contributed by atoms with Gasteiger partial charge in [0.1, 0.15) is 5.03 Å². The summed E-state index contributed by atoms with van der Waals surface area (Å²) in [6.45, 7) is 0. The molecule has 0 atom stereocenters. The minimum atomic E-state index is -1.29. The van der Waals surface area contributed by atoms with Crippen molar-refractivity contribution >= 4 is 17.9 Å². The van der Waals surface area contributed by atoms with E-state index in [0.29, 0.717) is 5.03 Å². The van der Waals surface area contributed by atoms with Crippen LogP contribution < -0.4 is 5.32 Å². The molecule has 0 saturated heterocycles. The highest BCUT2D eigenvalue weighted by Crippen LogP contribution is 2.09. The first-order chi connectivity index (χ1) is 5.29. The van der Waals surface area contributed by atoms with Gasteiger partial charge in [-0.05, 0) is 0 Å². The highest BCUT2D eigenvalue weighted by molar-refractivity contribution is 7.99. The second-order valence-corrected chi connectivity index (χ2v) is 2.59. The summed E-state index contributed by atoms with van der Waals surface area (Å²) in [6.07, 6.45) is 0.215. The number of hydrogen-bond acceptors (Lipinski definition) is 4. The van der Waals surface area contributed by atoms with Crippen LogP contribution in [0.25, 0.3) is 0 Å². The number of nitrogens with one attached hydrogen (secondary N) is 2. The smallest absolute Gasteiger partial charge is 0.309 e. The molecule has 0 aliphatic carbocycles. The molecule has 59 valence electrons. The van der Waals surface area contributed by atoms with Gasteiger partial charge in [0.05, 0.1) is 12.1 Å². The zero-order valence-corrected chi connectivity index (χ0v) is 6.22. The fourth-order valence-corrected chi connectivity index (χ4v) is 1.00. The number of nitrogens with zero attached hydrogens (tertiary/aromatic N) is 2. The maximum absolute atomic E-state index is 9.85. The zero-order chi connectivity index (χ0) is 8.10. The summed E-state index contributed by atoms with van der Waals surface area (Å²) in [6, 6.07) is 0. The standard InChI is InChI=1S/C4H5N4O2S/c9-4(10)5-2-11-3-1-6-8-7-3/h1,5H,2H2,(H,6,7,8). The molecule has 1 heterocycles. The Hall–Kier alpha value is -1.24. The first-order valence-corrected chi connectivity index (χ1v) is 3.71. The Balaban J connectivity index is 2.19. The van der Waals surface area contributed by atoms with Gasteiger partial charge in [-0.1, -0.05) is 17.0 Å². The van der Waals surface area contributed by atoms with Crippen molar-refractivity contribution in [3.63, 3.8) is 0 Å². The van der Waals surface area contributed by atoms with E-state index in [0.717, 1.165) is 0 Å². The van der Waals surface area contributed by atoms with Crippen LogP contribution in [0.5, 0.6) is 0 Å². The Bertz CT molecular complexity index is 224. The monoisotopic (exact) mass is 173 g/mol. The van der Waals surface area contributed by atoms with Gasteiger partial charge in [-0.15, -0.1) is 5.10 Å². The summed E-state index contributed by atoms with van der Waals surface area (Å²) in [5.74, 6) is 0.228. The number of rotatable bonds is 3. The first-order valence-electron chi connectivity index (χ1n) is 2.73.